The summed E-state index contributed by atoms with van der Waals surface area (Å²) in [4.78, 5) is 24.1. The van der Waals surface area contributed by atoms with Crippen LogP contribution in [0.15, 0.2) is 18.2 Å². The van der Waals surface area contributed by atoms with Gasteiger partial charge >= 0.3 is 5.97 Å². The van der Waals surface area contributed by atoms with Crippen LogP contribution in [0.2, 0.25) is 0 Å². The number of aryl methyl sites for hydroxylation is 2. The molecule has 0 bridgehead atoms. The zero-order chi connectivity index (χ0) is 14.8. The van der Waals surface area contributed by atoms with Crippen LogP contribution in [0, 0.1) is 13.8 Å². The van der Waals surface area contributed by atoms with Gasteiger partial charge in [0.2, 0.25) is 0 Å². The van der Waals surface area contributed by atoms with E-state index in [4.69, 9.17) is 0 Å². The first-order valence-corrected chi connectivity index (χ1v) is 7.08. The fraction of sp³-hybridized carbons (Fsp3) is 0.500. The second kappa shape index (κ2) is 5.65. The Hall–Kier alpha value is -1.84. The fourth-order valence-electron chi connectivity index (χ4n) is 3.00. The van der Waals surface area contributed by atoms with Crippen LogP contribution in [0.5, 0.6) is 0 Å². The Morgan fingerprint density at radius 3 is 2.15 bits per heavy atom. The SMILES string of the molecule is Cc1cccc(C)c1C(=O)NC1(C(=O)O)CCCCC1. The molecule has 1 saturated carbocycles. The highest BCUT2D eigenvalue weighted by molar-refractivity contribution is 6.00. The normalized spacial score (nSPS) is 17.5. The average Bonchev–Trinajstić information content (AvgIpc) is 2.39. The molecular weight excluding hydrogens is 254 g/mol. The molecule has 1 fully saturated rings. The number of hydrogen-bond donors (Lipinski definition) is 2. The third-order valence-corrected chi connectivity index (χ3v) is 4.18. The van der Waals surface area contributed by atoms with Gasteiger partial charge in [0.05, 0.1) is 0 Å². The maximum absolute atomic E-state index is 12.5. The molecule has 0 radical (unpaired) electrons. The second-order valence-corrected chi connectivity index (χ2v) is 5.67. The molecule has 4 heteroatoms. The van der Waals surface area contributed by atoms with Gasteiger partial charge in [0.15, 0.2) is 0 Å². The van der Waals surface area contributed by atoms with E-state index in [9.17, 15) is 14.7 Å². The minimum Gasteiger partial charge on any atom is -0.480 e. The van der Waals surface area contributed by atoms with Gasteiger partial charge in [0.1, 0.15) is 5.54 Å². The summed E-state index contributed by atoms with van der Waals surface area (Å²) in [6.07, 6.45) is 3.75. The van der Waals surface area contributed by atoms with Crippen molar-refractivity contribution in [3.05, 3.63) is 34.9 Å². The molecule has 1 aliphatic carbocycles. The molecule has 1 amide bonds. The molecule has 0 saturated heterocycles. The predicted molar refractivity (Wildman–Crippen MR) is 76.8 cm³/mol. The number of aliphatic carboxylic acids is 1. The monoisotopic (exact) mass is 275 g/mol. The van der Waals surface area contributed by atoms with E-state index in [0.717, 1.165) is 30.4 Å². The summed E-state index contributed by atoms with van der Waals surface area (Å²) in [7, 11) is 0. The van der Waals surface area contributed by atoms with E-state index in [1.54, 1.807) is 0 Å². The van der Waals surface area contributed by atoms with Crippen LogP contribution in [0.1, 0.15) is 53.6 Å². The van der Waals surface area contributed by atoms with Gasteiger partial charge in [-0.05, 0) is 37.8 Å². The lowest BCUT2D eigenvalue weighted by atomic mass is 9.81. The van der Waals surface area contributed by atoms with Crippen molar-refractivity contribution in [2.24, 2.45) is 0 Å². The highest BCUT2D eigenvalue weighted by atomic mass is 16.4. The Morgan fingerprint density at radius 2 is 1.65 bits per heavy atom. The van der Waals surface area contributed by atoms with E-state index >= 15 is 0 Å². The highest BCUT2D eigenvalue weighted by Crippen LogP contribution is 2.29. The lowest BCUT2D eigenvalue weighted by molar-refractivity contribution is -0.145. The molecule has 20 heavy (non-hydrogen) atoms. The first-order chi connectivity index (χ1) is 9.46. The Kier molecular flexibility index (Phi) is 4.12. The quantitative estimate of drug-likeness (QED) is 0.891. The first kappa shape index (κ1) is 14.6. The number of rotatable bonds is 3. The standard InChI is InChI=1S/C16H21NO3/c1-11-7-6-8-12(2)13(11)14(18)17-16(15(19)20)9-4-3-5-10-16/h6-8H,3-5,9-10H2,1-2H3,(H,17,18)(H,19,20). The van der Waals surface area contributed by atoms with Gasteiger partial charge in [0.25, 0.3) is 5.91 Å². The van der Waals surface area contributed by atoms with Gasteiger partial charge in [-0.2, -0.15) is 0 Å². The molecule has 2 rings (SSSR count). The molecule has 0 aliphatic heterocycles. The molecule has 0 aromatic heterocycles. The zero-order valence-corrected chi connectivity index (χ0v) is 12.0. The zero-order valence-electron chi connectivity index (χ0n) is 12.0. The van der Waals surface area contributed by atoms with Crippen molar-refractivity contribution < 1.29 is 14.7 Å². The second-order valence-electron chi connectivity index (χ2n) is 5.67. The Morgan fingerprint density at radius 1 is 1.10 bits per heavy atom. The van der Waals surface area contributed by atoms with Crippen LogP contribution in [0.4, 0.5) is 0 Å². The summed E-state index contributed by atoms with van der Waals surface area (Å²) >= 11 is 0. The number of carboxylic acid groups (broad SMARTS) is 1. The fourth-order valence-corrected chi connectivity index (χ4v) is 3.00. The average molecular weight is 275 g/mol. The summed E-state index contributed by atoms with van der Waals surface area (Å²) in [5, 5.41) is 12.3. The van der Waals surface area contributed by atoms with Crippen molar-refractivity contribution in [1.29, 1.82) is 0 Å². The number of carbonyl (C=O) groups is 2. The van der Waals surface area contributed by atoms with E-state index in [-0.39, 0.29) is 5.91 Å². The van der Waals surface area contributed by atoms with Gasteiger partial charge in [-0.15, -0.1) is 0 Å². The summed E-state index contributed by atoms with van der Waals surface area (Å²) in [5.74, 6) is -1.19. The molecule has 1 aliphatic rings. The lowest BCUT2D eigenvalue weighted by Crippen LogP contribution is -2.55. The number of amides is 1. The maximum atomic E-state index is 12.5. The molecule has 108 valence electrons. The van der Waals surface area contributed by atoms with Crippen molar-refractivity contribution in [3.63, 3.8) is 0 Å². The molecule has 2 N–H and O–H groups in total. The highest BCUT2D eigenvalue weighted by Gasteiger charge is 2.41. The summed E-state index contributed by atoms with van der Waals surface area (Å²) in [6, 6.07) is 5.64. The van der Waals surface area contributed by atoms with Crippen molar-refractivity contribution in [2.75, 3.05) is 0 Å². The van der Waals surface area contributed by atoms with Crippen LogP contribution in [0.25, 0.3) is 0 Å². The van der Waals surface area contributed by atoms with E-state index in [1.807, 2.05) is 32.0 Å². The maximum Gasteiger partial charge on any atom is 0.329 e. The van der Waals surface area contributed by atoms with Gasteiger partial charge in [0, 0.05) is 5.56 Å². The number of carboxylic acids is 1. The molecular formula is C16H21NO3. The number of nitrogens with one attached hydrogen (secondary N) is 1. The number of carbonyl (C=O) groups excluding carboxylic acids is 1. The van der Waals surface area contributed by atoms with Crippen LogP contribution < -0.4 is 5.32 Å². The first-order valence-electron chi connectivity index (χ1n) is 7.08. The number of hydrogen-bond acceptors (Lipinski definition) is 2. The van der Waals surface area contributed by atoms with Crippen LogP contribution >= 0.6 is 0 Å². The largest absolute Gasteiger partial charge is 0.480 e. The summed E-state index contributed by atoms with van der Waals surface area (Å²) in [6.45, 7) is 3.74. The van der Waals surface area contributed by atoms with E-state index in [0.29, 0.717) is 18.4 Å². The van der Waals surface area contributed by atoms with Crippen molar-refractivity contribution in [2.45, 2.75) is 51.5 Å². The van der Waals surface area contributed by atoms with Crippen LogP contribution in [-0.4, -0.2) is 22.5 Å². The molecule has 4 nitrogen and oxygen atoms in total. The van der Waals surface area contributed by atoms with E-state index in [2.05, 4.69) is 5.32 Å². The minimum absolute atomic E-state index is 0.273. The topological polar surface area (TPSA) is 66.4 Å². The van der Waals surface area contributed by atoms with Gasteiger partial charge < -0.3 is 10.4 Å². The van der Waals surface area contributed by atoms with Crippen molar-refractivity contribution in [1.82, 2.24) is 5.32 Å². The third kappa shape index (κ3) is 2.69. The molecule has 1 aromatic carbocycles. The van der Waals surface area contributed by atoms with E-state index in [1.165, 1.54) is 0 Å². The van der Waals surface area contributed by atoms with Crippen molar-refractivity contribution >= 4 is 11.9 Å². The summed E-state index contributed by atoms with van der Waals surface area (Å²) in [5.41, 5.74) is 1.25. The molecule has 1 aromatic rings. The Balaban J connectivity index is 2.27. The summed E-state index contributed by atoms with van der Waals surface area (Å²) < 4.78 is 0. The molecule has 0 atom stereocenters. The predicted octanol–water partition coefficient (Wildman–Crippen LogP) is 2.82. The molecule has 0 unspecified atom stereocenters. The third-order valence-electron chi connectivity index (χ3n) is 4.18. The van der Waals surface area contributed by atoms with Crippen LogP contribution in [-0.2, 0) is 4.79 Å². The van der Waals surface area contributed by atoms with Gasteiger partial charge in [-0.25, -0.2) is 4.79 Å². The Bertz CT molecular complexity index is 510. The minimum atomic E-state index is -1.09. The van der Waals surface area contributed by atoms with Crippen LogP contribution in [0.3, 0.4) is 0 Å². The van der Waals surface area contributed by atoms with Crippen molar-refractivity contribution in [3.8, 4) is 0 Å². The van der Waals surface area contributed by atoms with E-state index < -0.39 is 11.5 Å². The molecule has 0 spiro atoms. The van der Waals surface area contributed by atoms with Gasteiger partial charge in [-0.1, -0.05) is 37.5 Å². The van der Waals surface area contributed by atoms with Gasteiger partial charge in [-0.3, -0.25) is 4.79 Å². The lowest BCUT2D eigenvalue weighted by Gasteiger charge is -2.34. The molecule has 0 heterocycles. The Labute approximate surface area is 119 Å². The number of benzene rings is 1. The smallest absolute Gasteiger partial charge is 0.329 e.